The number of amides is 2. The molecule has 0 aliphatic carbocycles. The van der Waals surface area contributed by atoms with Crippen LogP contribution in [-0.2, 0) is 13.1 Å². The molecule has 6 nitrogen and oxygen atoms in total. The van der Waals surface area contributed by atoms with Gasteiger partial charge in [0.25, 0.3) is 0 Å². The number of carbonyl (C=O) groups is 1. The van der Waals surface area contributed by atoms with Crippen LogP contribution in [0.15, 0.2) is 42.7 Å². The third-order valence-corrected chi connectivity index (χ3v) is 4.50. The van der Waals surface area contributed by atoms with Gasteiger partial charge in [-0.05, 0) is 51.1 Å². The van der Waals surface area contributed by atoms with E-state index in [1.54, 1.807) is 11.1 Å². The zero-order valence-electron chi connectivity index (χ0n) is 15.1. The zero-order valence-corrected chi connectivity index (χ0v) is 15.1. The van der Waals surface area contributed by atoms with Crippen LogP contribution in [0.1, 0.15) is 19.5 Å². The molecule has 0 saturated carbocycles. The molecule has 6 heteroatoms. The van der Waals surface area contributed by atoms with Crippen molar-refractivity contribution in [2.45, 2.75) is 33.9 Å². The van der Waals surface area contributed by atoms with Gasteiger partial charge in [0.05, 0.1) is 6.54 Å². The number of benzene rings is 1. The fourth-order valence-corrected chi connectivity index (χ4v) is 3.17. The van der Waals surface area contributed by atoms with Crippen LogP contribution in [0.4, 0.5) is 10.5 Å². The highest BCUT2D eigenvalue weighted by molar-refractivity contribution is 5.93. The van der Waals surface area contributed by atoms with Crippen molar-refractivity contribution < 1.29 is 4.79 Å². The number of urea groups is 1. The Hall–Kier alpha value is -2.76. The first-order chi connectivity index (χ1) is 12.1. The molecule has 0 atom stereocenters. The third-order valence-electron chi connectivity index (χ3n) is 4.50. The van der Waals surface area contributed by atoms with Crippen LogP contribution in [0, 0.1) is 6.92 Å². The lowest BCUT2D eigenvalue weighted by molar-refractivity contribution is 0.211. The van der Waals surface area contributed by atoms with E-state index >= 15 is 0 Å². The predicted octanol–water partition coefficient (Wildman–Crippen LogP) is 3.72. The molecule has 0 aliphatic heterocycles. The van der Waals surface area contributed by atoms with Crippen LogP contribution in [0.3, 0.4) is 0 Å². The minimum atomic E-state index is -0.0827. The first kappa shape index (κ1) is 17.1. The smallest absolute Gasteiger partial charge is 0.321 e. The quantitative estimate of drug-likeness (QED) is 0.744. The SMILES string of the molecule is CCN(CCn1cccn1)C(=O)Nc1ccc2c(c1)cc(C)n2CC. The van der Waals surface area contributed by atoms with Crippen LogP contribution >= 0.6 is 0 Å². The number of hydrogen-bond acceptors (Lipinski definition) is 2. The van der Waals surface area contributed by atoms with E-state index in [-0.39, 0.29) is 6.03 Å². The van der Waals surface area contributed by atoms with E-state index in [9.17, 15) is 4.79 Å². The molecule has 25 heavy (non-hydrogen) atoms. The number of likely N-dealkylation sites (N-methyl/N-ethyl adjacent to an activating group) is 1. The molecule has 1 aromatic carbocycles. The van der Waals surface area contributed by atoms with Gasteiger partial charge >= 0.3 is 6.03 Å². The largest absolute Gasteiger partial charge is 0.345 e. The summed E-state index contributed by atoms with van der Waals surface area (Å²) in [7, 11) is 0. The summed E-state index contributed by atoms with van der Waals surface area (Å²) in [5.74, 6) is 0. The second-order valence-corrected chi connectivity index (χ2v) is 6.08. The predicted molar refractivity (Wildman–Crippen MR) is 101 cm³/mol. The first-order valence-corrected chi connectivity index (χ1v) is 8.75. The summed E-state index contributed by atoms with van der Waals surface area (Å²) in [6.07, 6.45) is 3.65. The van der Waals surface area contributed by atoms with Crippen LogP contribution < -0.4 is 5.32 Å². The van der Waals surface area contributed by atoms with Gasteiger partial charge in [-0.2, -0.15) is 5.10 Å². The van der Waals surface area contributed by atoms with E-state index in [0.717, 1.165) is 17.6 Å². The number of rotatable bonds is 6. The fraction of sp³-hybridized carbons (Fsp3) is 0.368. The highest BCUT2D eigenvalue weighted by atomic mass is 16.2. The van der Waals surface area contributed by atoms with Crippen LogP contribution in [0.25, 0.3) is 10.9 Å². The Kier molecular flexibility index (Phi) is 5.07. The van der Waals surface area contributed by atoms with E-state index in [4.69, 9.17) is 0 Å². The van der Waals surface area contributed by atoms with E-state index in [0.29, 0.717) is 19.6 Å². The molecule has 2 amide bonds. The molecule has 132 valence electrons. The molecular formula is C19H25N5O. The lowest BCUT2D eigenvalue weighted by atomic mass is 10.2. The third kappa shape index (κ3) is 3.68. The van der Waals surface area contributed by atoms with E-state index in [1.807, 2.05) is 36.0 Å². The standard InChI is InChI=1S/C19H25N5O/c1-4-22(11-12-23-10-6-9-20-23)19(25)21-17-7-8-18-16(14-17)13-15(3)24(18)5-2/h6-10,13-14H,4-5,11-12H2,1-3H3,(H,21,25). The lowest BCUT2D eigenvalue weighted by Crippen LogP contribution is -2.37. The van der Waals surface area contributed by atoms with Crippen molar-refractivity contribution in [1.82, 2.24) is 19.2 Å². The number of fused-ring (bicyclic) bond motifs is 1. The second-order valence-electron chi connectivity index (χ2n) is 6.08. The normalized spacial score (nSPS) is 11.0. The van der Waals surface area contributed by atoms with Gasteiger partial charge in [0.1, 0.15) is 0 Å². The lowest BCUT2D eigenvalue weighted by Gasteiger charge is -2.21. The Balaban J connectivity index is 1.69. The molecule has 0 aliphatic rings. The number of anilines is 1. The van der Waals surface area contributed by atoms with Crippen molar-refractivity contribution in [1.29, 1.82) is 0 Å². The Morgan fingerprint density at radius 1 is 1.28 bits per heavy atom. The summed E-state index contributed by atoms with van der Waals surface area (Å²) in [5, 5.41) is 8.33. The highest BCUT2D eigenvalue weighted by Gasteiger charge is 2.13. The van der Waals surface area contributed by atoms with E-state index in [1.165, 1.54) is 11.2 Å². The Labute approximate surface area is 148 Å². The van der Waals surface area contributed by atoms with Crippen molar-refractivity contribution in [3.8, 4) is 0 Å². The second kappa shape index (κ2) is 7.42. The van der Waals surface area contributed by atoms with Crippen molar-refractivity contribution in [2.75, 3.05) is 18.4 Å². The van der Waals surface area contributed by atoms with Crippen LogP contribution in [0.5, 0.6) is 0 Å². The molecule has 0 spiro atoms. The van der Waals surface area contributed by atoms with Gasteiger partial charge in [0.15, 0.2) is 0 Å². The van der Waals surface area contributed by atoms with Gasteiger partial charge < -0.3 is 14.8 Å². The zero-order chi connectivity index (χ0) is 17.8. The van der Waals surface area contributed by atoms with Crippen molar-refractivity contribution >= 4 is 22.6 Å². The summed E-state index contributed by atoms with van der Waals surface area (Å²) >= 11 is 0. The van der Waals surface area contributed by atoms with Crippen LogP contribution in [-0.4, -0.2) is 38.4 Å². The van der Waals surface area contributed by atoms with Crippen molar-refractivity contribution in [3.05, 3.63) is 48.4 Å². The van der Waals surface area contributed by atoms with Crippen molar-refractivity contribution in [2.24, 2.45) is 0 Å². The molecule has 0 fully saturated rings. The van der Waals surface area contributed by atoms with E-state index in [2.05, 4.69) is 41.0 Å². The molecule has 1 N–H and O–H groups in total. The average Bonchev–Trinajstić information content (AvgIpc) is 3.21. The average molecular weight is 339 g/mol. The Morgan fingerprint density at radius 2 is 2.12 bits per heavy atom. The molecule has 0 radical (unpaired) electrons. The summed E-state index contributed by atoms with van der Waals surface area (Å²) in [6, 6.07) is 10.0. The molecule has 0 saturated heterocycles. The number of hydrogen-bond donors (Lipinski definition) is 1. The van der Waals surface area contributed by atoms with Gasteiger partial charge in [-0.25, -0.2) is 4.79 Å². The first-order valence-electron chi connectivity index (χ1n) is 8.75. The van der Waals surface area contributed by atoms with Gasteiger partial charge in [0.2, 0.25) is 0 Å². The van der Waals surface area contributed by atoms with Gasteiger partial charge in [0, 0.05) is 54.3 Å². The molecule has 3 aromatic rings. The number of aryl methyl sites for hydroxylation is 2. The van der Waals surface area contributed by atoms with Crippen molar-refractivity contribution in [3.63, 3.8) is 0 Å². The highest BCUT2D eigenvalue weighted by Crippen LogP contribution is 2.23. The molecule has 0 unspecified atom stereocenters. The topological polar surface area (TPSA) is 55.1 Å². The molecular weight excluding hydrogens is 314 g/mol. The molecule has 3 rings (SSSR count). The number of nitrogens with zero attached hydrogens (tertiary/aromatic N) is 4. The maximum absolute atomic E-state index is 12.5. The fourth-order valence-electron chi connectivity index (χ4n) is 3.17. The van der Waals surface area contributed by atoms with E-state index < -0.39 is 0 Å². The Bertz CT molecular complexity index is 850. The maximum atomic E-state index is 12.5. The number of carbonyl (C=O) groups excluding carboxylic acids is 1. The van der Waals surface area contributed by atoms with Gasteiger partial charge in [-0.3, -0.25) is 4.68 Å². The maximum Gasteiger partial charge on any atom is 0.321 e. The monoisotopic (exact) mass is 339 g/mol. The van der Waals surface area contributed by atoms with Crippen LogP contribution in [0.2, 0.25) is 0 Å². The Morgan fingerprint density at radius 3 is 2.80 bits per heavy atom. The minimum absolute atomic E-state index is 0.0827. The minimum Gasteiger partial charge on any atom is -0.345 e. The number of aromatic nitrogens is 3. The van der Waals surface area contributed by atoms with Gasteiger partial charge in [-0.1, -0.05) is 0 Å². The molecule has 0 bridgehead atoms. The summed E-state index contributed by atoms with van der Waals surface area (Å²) in [5.41, 5.74) is 3.25. The number of nitrogens with one attached hydrogen (secondary N) is 1. The van der Waals surface area contributed by atoms with Gasteiger partial charge in [-0.15, -0.1) is 0 Å². The molecule has 2 heterocycles. The summed E-state index contributed by atoms with van der Waals surface area (Å²) in [6.45, 7) is 9.13. The summed E-state index contributed by atoms with van der Waals surface area (Å²) in [4.78, 5) is 14.3. The molecule has 2 aromatic heterocycles. The summed E-state index contributed by atoms with van der Waals surface area (Å²) < 4.78 is 4.10.